The van der Waals surface area contributed by atoms with Crippen molar-refractivity contribution in [1.29, 1.82) is 0 Å². The number of aliphatic hydroxyl groups is 2. The number of carbonyl (C=O) groups is 1. The van der Waals surface area contributed by atoms with Crippen molar-refractivity contribution >= 4 is 5.91 Å². The summed E-state index contributed by atoms with van der Waals surface area (Å²) in [5.41, 5.74) is -2.32. The molecule has 33 heavy (non-hydrogen) atoms. The molecule has 1 aromatic heterocycles. The third-order valence-corrected chi connectivity index (χ3v) is 6.37. The lowest BCUT2D eigenvalue weighted by Gasteiger charge is -2.33. The SMILES string of the molecule is CCC(CCC(CO)c1cccnn1)N(C(=O)c1ccc([C@](C)(O)C(F)(F)F)cc1)C1CC1. The number of benzene rings is 1. The van der Waals surface area contributed by atoms with Gasteiger partial charge in [0.2, 0.25) is 0 Å². The molecule has 0 radical (unpaired) electrons. The van der Waals surface area contributed by atoms with Crippen LogP contribution in [0.25, 0.3) is 0 Å². The molecule has 2 aromatic rings. The van der Waals surface area contributed by atoms with E-state index in [0.29, 0.717) is 31.9 Å². The molecule has 0 saturated heterocycles. The van der Waals surface area contributed by atoms with E-state index in [2.05, 4.69) is 10.2 Å². The maximum Gasteiger partial charge on any atom is 0.421 e. The molecule has 1 saturated carbocycles. The van der Waals surface area contributed by atoms with Crippen molar-refractivity contribution in [3.05, 3.63) is 59.4 Å². The van der Waals surface area contributed by atoms with E-state index in [4.69, 9.17) is 0 Å². The molecule has 1 aromatic carbocycles. The van der Waals surface area contributed by atoms with Gasteiger partial charge in [-0.2, -0.15) is 23.4 Å². The molecule has 1 fully saturated rings. The summed E-state index contributed by atoms with van der Waals surface area (Å²) in [7, 11) is 0. The minimum Gasteiger partial charge on any atom is -0.396 e. The topological polar surface area (TPSA) is 86.6 Å². The summed E-state index contributed by atoms with van der Waals surface area (Å²) >= 11 is 0. The molecule has 0 aliphatic heterocycles. The molecule has 0 spiro atoms. The largest absolute Gasteiger partial charge is 0.421 e. The van der Waals surface area contributed by atoms with Gasteiger partial charge < -0.3 is 15.1 Å². The van der Waals surface area contributed by atoms with Crippen molar-refractivity contribution in [3.8, 4) is 0 Å². The van der Waals surface area contributed by atoms with Crippen LogP contribution in [0.2, 0.25) is 0 Å². The Kier molecular flexibility index (Phi) is 7.74. The third-order valence-electron chi connectivity index (χ3n) is 6.37. The summed E-state index contributed by atoms with van der Waals surface area (Å²) in [5, 5.41) is 27.6. The van der Waals surface area contributed by atoms with Gasteiger partial charge in [0.15, 0.2) is 5.60 Å². The van der Waals surface area contributed by atoms with Gasteiger partial charge in [0.25, 0.3) is 5.91 Å². The van der Waals surface area contributed by atoms with Crippen molar-refractivity contribution in [1.82, 2.24) is 15.1 Å². The number of hydrogen-bond acceptors (Lipinski definition) is 5. The van der Waals surface area contributed by atoms with E-state index in [1.54, 1.807) is 12.3 Å². The molecular weight excluding hydrogens is 435 g/mol. The molecule has 180 valence electrons. The van der Waals surface area contributed by atoms with Gasteiger partial charge in [-0.1, -0.05) is 19.1 Å². The Bertz CT molecular complexity index is 916. The average Bonchev–Trinajstić information content (AvgIpc) is 3.63. The number of carbonyl (C=O) groups excluding carboxylic acids is 1. The van der Waals surface area contributed by atoms with Crippen molar-refractivity contribution in [2.24, 2.45) is 0 Å². The Labute approximate surface area is 191 Å². The van der Waals surface area contributed by atoms with Crippen molar-refractivity contribution in [2.75, 3.05) is 6.61 Å². The number of nitrogens with zero attached hydrogens (tertiary/aromatic N) is 3. The number of alkyl halides is 3. The number of halogens is 3. The van der Waals surface area contributed by atoms with Crippen LogP contribution in [0.1, 0.15) is 73.5 Å². The Balaban J connectivity index is 1.75. The van der Waals surface area contributed by atoms with Crippen LogP contribution in [0.15, 0.2) is 42.6 Å². The molecule has 1 amide bonds. The van der Waals surface area contributed by atoms with Crippen molar-refractivity contribution in [2.45, 2.75) is 75.7 Å². The van der Waals surface area contributed by atoms with Crippen LogP contribution in [-0.4, -0.2) is 56.1 Å². The molecule has 3 rings (SSSR count). The number of rotatable bonds is 10. The van der Waals surface area contributed by atoms with Crippen LogP contribution < -0.4 is 0 Å². The van der Waals surface area contributed by atoms with Gasteiger partial charge in [-0.15, -0.1) is 0 Å². The molecule has 2 N–H and O–H groups in total. The quantitative estimate of drug-likeness (QED) is 0.550. The Hall–Kier alpha value is -2.52. The van der Waals surface area contributed by atoms with Gasteiger partial charge in [0.05, 0.1) is 12.3 Å². The standard InChI is InChI=1S/C24H30F3N3O3/c1-3-19(11-8-17(15-31)21-5-4-14-28-29-21)30(20-12-13-20)22(32)16-6-9-18(10-7-16)23(2,33)24(25,26)27/h4-7,9-10,14,17,19-20,31,33H,3,8,11-13,15H2,1-2H3/t17?,19?,23-/m0/s1. The fraction of sp³-hybridized carbons (Fsp3) is 0.542. The molecule has 1 aliphatic rings. The van der Waals surface area contributed by atoms with Gasteiger partial charge in [-0.05, 0) is 68.9 Å². The fourth-order valence-corrected chi connectivity index (χ4v) is 4.03. The van der Waals surface area contributed by atoms with Gasteiger partial charge in [-0.25, -0.2) is 0 Å². The predicted molar refractivity (Wildman–Crippen MR) is 116 cm³/mol. The molecule has 6 nitrogen and oxygen atoms in total. The van der Waals surface area contributed by atoms with Crippen LogP contribution in [0.3, 0.4) is 0 Å². The highest BCUT2D eigenvalue weighted by atomic mass is 19.4. The number of hydrogen-bond donors (Lipinski definition) is 2. The zero-order valence-electron chi connectivity index (χ0n) is 18.8. The van der Waals surface area contributed by atoms with Crippen LogP contribution in [0.5, 0.6) is 0 Å². The van der Waals surface area contributed by atoms with Gasteiger partial charge in [-0.3, -0.25) is 4.79 Å². The minimum atomic E-state index is -4.82. The first-order valence-electron chi connectivity index (χ1n) is 11.2. The minimum absolute atomic E-state index is 0.0753. The summed E-state index contributed by atoms with van der Waals surface area (Å²) in [6.07, 6.45) is 0.506. The molecule has 3 atom stereocenters. The Morgan fingerprint density at radius 1 is 1.18 bits per heavy atom. The van der Waals surface area contributed by atoms with E-state index in [0.717, 1.165) is 25.0 Å². The molecule has 9 heteroatoms. The molecule has 1 aliphatic carbocycles. The Morgan fingerprint density at radius 3 is 2.33 bits per heavy atom. The summed E-state index contributed by atoms with van der Waals surface area (Å²) in [6, 6.07) is 8.61. The monoisotopic (exact) mass is 465 g/mol. The normalized spacial score (nSPS) is 17.8. The Morgan fingerprint density at radius 2 is 1.85 bits per heavy atom. The molecule has 1 heterocycles. The smallest absolute Gasteiger partial charge is 0.396 e. The zero-order valence-corrected chi connectivity index (χ0v) is 18.8. The highest BCUT2D eigenvalue weighted by molar-refractivity contribution is 5.95. The number of amides is 1. The third kappa shape index (κ3) is 5.70. The van der Waals surface area contributed by atoms with Crippen molar-refractivity contribution < 1.29 is 28.2 Å². The summed E-state index contributed by atoms with van der Waals surface area (Å²) in [5.74, 6) is -0.421. The van der Waals surface area contributed by atoms with E-state index in [9.17, 15) is 28.2 Å². The highest BCUT2D eigenvalue weighted by Gasteiger charge is 2.51. The predicted octanol–water partition coefficient (Wildman–Crippen LogP) is 4.19. The van der Waals surface area contributed by atoms with E-state index < -0.39 is 11.8 Å². The first kappa shape index (κ1) is 25.1. The summed E-state index contributed by atoms with van der Waals surface area (Å²) in [4.78, 5) is 15.2. The molecule has 2 unspecified atom stereocenters. The molecular formula is C24H30F3N3O3. The summed E-state index contributed by atoms with van der Waals surface area (Å²) in [6.45, 7) is 2.61. The van der Waals surface area contributed by atoms with E-state index in [1.165, 1.54) is 12.1 Å². The lowest BCUT2D eigenvalue weighted by atomic mass is 9.93. The van der Waals surface area contributed by atoms with Crippen LogP contribution in [0.4, 0.5) is 13.2 Å². The fourth-order valence-electron chi connectivity index (χ4n) is 4.03. The maximum atomic E-state index is 13.3. The van der Waals surface area contributed by atoms with E-state index >= 15 is 0 Å². The van der Waals surface area contributed by atoms with Crippen LogP contribution in [-0.2, 0) is 5.60 Å². The van der Waals surface area contributed by atoms with Gasteiger partial charge >= 0.3 is 6.18 Å². The zero-order chi connectivity index (χ0) is 24.2. The highest BCUT2D eigenvalue weighted by Crippen LogP contribution is 2.39. The first-order valence-corrected chi connectivity index (χ1v) is 11.2. The lowest BCUT2D eigenvalue weighted by molar-refractivity contribution is -0.258. The number of aromatic nitrogens is 2. The van der Waals surface area contributed by atoms with Gasteiger partial charge in [0, 0.05) is 29.8 Å². The van der Waals surface area contributed by atoms with E-state index in [1.807, 2.05) is 17.9 Å². The van der Waals surface area contributed by atoms with Crippen LogP contribution >= 0.6 is 0 Å². The second kappa shape index (κ2) is 10.2. The summed E-state index contributed by atoms with van der Waals surface area (Å²) < 4.78 is 39.4. The van der Waals surface area contributed by atoms with E-state index in [-0.39, 0.29) is 41.6 Å². The second-order valence-corrected chi connectivity index (χ2v) is 8.76. The molecule has 0 bridgehead atoms. The van der Waals surface area contributed by atoms with Crippen LogP contribution in [0, 0.1) is 0 Å². The second-order valence-electron chi connectivity index (χ2n) is 8.76. The number of aliphatic hydroxyl groups excluding tert-OH is 1. The first-order chi connectivity index (χ1) is 15.6. The van der Waals surface area contributed by atoms with Crippen molar-refractivity contribution in [3.63, 3.8) is 0 Å². The average molecular weight is 466 g/mol. The maximum absolute atomic E-state index is 13.3. The van der Waals surface area contributed by atoms with Gasteiger partial charge in [0.1, 0.15) is 0 Å². The lowest BCUT2D eigenvalue weighted by Crippen LogP contribution is -2.42.